The van der Waals surface area contributed by atoms with E-state index in [1.165, 1.54) is 5.56 Å². The Kier molecular flexibility index (Phi) is 4.13. The van der Waals surface area contributed by atoms with E-state index in [1.54, 1.807) is 0 Å². The normalized spacial score (nSPS) is 17.1. The molecule has 142 valence electrons. The van der Waals surface area contributed by atoms with Crippen molar-refractivity contribution in [2.75, 3.05) is 0 Å². The molecule has 0 radical (unpaired) electrons. The van der Waals surface area contributed by atoms with Crippen LogP contribution < -0.4 is 0 Å². The summed E-state index contributed by atoms with van der Waals surface area (Å²) in [5.74, 6) is 0. The van der Waals surface area contributed by atoms with Crippen LogP contribution in [0.1, 0.15) is 27.8 Å². The zero-order chi connectivity index (χ0) is 20.2. The molecule has 0 aromatic heterocycles. The van der Waals surface area contributed by atoms with Gasteiger partial charge in [0.15, 0.2) is 0 Å². The average molecular weight is 397 g/mol. The fourth-order valence-corrected chi connectivity index (χ4v) is 4.77. The molecule has 2 heteroatoms. The molecule has 0 fully saturated rings. The average Bonchev–Trinajstić information content (AvgIpc) is 2.97. The largest absolute Gasteiger partial charge is 0.376 e. The molecular formula is C27H21ClO. The fraction of sp³-hybridized carbons (Fsp3) is 0.111. The van der Waals surface area contributed by atoms with Gasteiger partial charge in [-0.05, 0) is 36.6 Å². The summed E-state index contributed by atoms with van der Waals surface area (Å²) < 4.78 is 0. The predicted molar refractivity (Wildman–Crippen MR) is 120 cm³/mol. The Bertz CT molecular complexity index is 1260. The summed E-state index contributed by atoms with van der Waals surface area (Å²) in [7, 11) is 0. The van der Waals surface area contributed by atoms with Crippen LogP contribution in [0.25, 0.3) is 22.3 Å². The summed E-state index contributed by atoms with van der Waals surface area (Å²) in [6.07, 6.45) is 0. The number of halogens is 1. The molecule has 1 nitrogen and oxygen atoms in total. The van der Waals surface area contributed by atoms with Crippen LogP contribution >= 0.6 is 11.6 Å². The first-order valence-corrected chi connectivity index (χ1v) is 10.2. The summed E-state index contributed by atoms with van der Waals surface area (Å²) in [6, 6.07) is 28.5. The molecule has 0 aliphatic heterocycles. The van der Waals surface area contributed by atoms with Crippen molar-refractivity contribution in [3.63, 3.8) is 0 Å². The van der Waals surface area contributed by atoms with Gasteiger partial charge >= 0.3 is 0 Å². The molecule has 0 bridgehead atoms. The van der Waals surface area contributed by atoms with Crippen LogP contribution in [0.15, 0.2) is 84.9 Å². The van der Waals surface area contributed by atoms with Gasteiger partial charge in [-0.3, -0.25) is 0 Å². The van der Waals surface area contributed by atoms with E-state index in [4.69, 9.17) is 11.6 Å². The first-order chi connectivity index (χ1) is 14.0. The topological polar surface area (TPSA) is 20.2 Å². The Morgan fingerprint density at radius 3 is 1.97 bits per heavy atom. The lowest BCUT2D eigenvalue weighted by Gasteiger charge is -2.29. The van der Waals surface area contributed by atoms with Crippen LogP contribution in [0, 0.1) is 13.8 Å². The number of hydrogen-bond acceptors (Lipinski definition) is 1. The number of rotatable bonds is 2. The number of hydrogen-bond donors (Lipinski definition) is 1. The third-order valence-corrected chi connectivity index (χ3v) is 6.23. The highest BCUT2D eigenvalue weighted by Gasteiger charge is 2.44. The highest BCUT2D eigenvalue weighted by molar-refractivity contribution is 6.33. The van der Waals surface area contributed by atoms with E-state index in [0.29, 0.717) is 5.02 Å². The van der Waals surface area contributed by atoms with E-state index in [9.17, 15) is 5.11 Å². The van der Waals surface area contributed by atoms with Gasteiger partial charge in [-0.25, -0.2) is 0 Å². The van der Waals surface area contributed by atoms with E-state index < -0.39 is 5.60 Å². The summed E-state index contributed by atoms with van der Waals surface area (Å²) >= 11 is 6.55. The quantitative estimate of drug-likeness (QED) is 0.391. The molecule has 4 aromatic rings. The fourth-order valence-electron chi connectivity index (χ4n) is 4.54. The minimum atomic E-state index is -1.24. The van der Waals surface area contributed by atoms with E-state index in [-0.39, 0.29) is 0 Å². The zero-order valence-electron chi connectivity index (χ0n) is 16.4. The van der Waals surface area contributed by atoms with Crippen LogP contribution in [0.2, 0.25) is 5.02 Å². The summed E-state index contributed by atoms with van der Waals surface area (Å²) in [5.41, 5.74) is 7.82. The number of benzene rings is 4. The molecule has 1 atom stereocenters. The lowest BCUT2D eigenvalue weighted by molar-refractivity contribution is 0.131. The van der Waals surface area contributed by atoms with E-state index in [1.807, 2.05) is 48.5 Å². The molecule has 0 saturated carbocycles. The number of aryl methyl sites for hydroxylation is 2. The van der Waals surface area contributed by atoms with Crippen LogP contribution in [-0.2, 0) is 5.60 Å². The van der Waals surface area contributed by atoms with Crippen LogP contribution in [0.3, 0.4) is 0 Å². The summed E-state index contributed by atoms with van der Waals surface area (Å²) in [5, 5.41) is 13.0. The SMILES string of the molecule is Cc1ccc2c(c1)-c1ccc(C)cc1C2(O)c1ccccc1-c1ccccc1Cl. The molecule has 1 aliphatic carbocycles. The Balaban J connectivity index is 1.87. The van der Waals surface area contributed by atoms with E-state index in [0.717, 1.165) is 44.5 Å². The van der Waals surface area contributed by atoms with Crippen molar-refractivity contribution >= 4 is 11.6 Å². The first kappa shape index (κ1) is 18.2. The predicted octanol–water partition coefficient (Wildman–Crippen LogP) is 6.89. The Morgan fingerprint density at radius 2 is 1.17 bits per heavy atom. The standard InChI is InChI=1S/C27H21ClO/c1-17-12-14-24-22(15-17)20-13-11-18(2)16-25(20)27(24,29)23-9-5-3-7-19(23)21-8-4-6-10-26(21)28/h3-16,29H,1-2H3. The van der Waals surface area contributed by atoms with Gasteiger partial charge in [-0.15, -0.1) is 0 Å². The lowest BCUT2D eigenvalue weighted by Crippen LogP contribution is -2.27. The molecule has 0 saturated heterocycles. The Morgan fingerprint density at radius 1 is 0.586 bits per heavy atom. The molecule has 1 N–H and O–H groups in total. The molecule has 0 spiro atoms. The van der Waals surface area contributed by atoms with Gasteiger partial charge in [-0.2, -0.15) is 0 Å². The minimum Gasteiger partial charge on any atom is -0.376 e. The maximum absolute atomic E-state index is 12.4. The summed E-state index contributed by atoms with van der Waals surface area (Å²) in [6.45, 7) is 4.15. The van der Waals surface area contributed by atoms with Crippen molar-refractivity contribution in [3.8, 4) is 22.3 Å². The van der Waals surface area contributed by atoms with Gasteiger partial charge < -0.3 is 5.11 Å². The Labute approximate surface area is 176 Å². The van der Waals surface area contributed by atoms with Gasteiger partial charge in [-0.1, -0.05) is 102 Å². The van der Waals surface area contributed by atoms with Gasteiger partial charge in [0.25, 0.3) is 0 Å². The minimum absolute atomic E-state index is 0.676. The van der Waals surface area contributed by atoms with Crippen LogP contribution in [0.4, 0.5) is 0 Å². The van der Waals surface area contributed by atoms with E-state index in [2.05, 4.69) is 50.2 Å². The van der Waals surface area contributed by atoms with E-state index >= 15 is 0 Å². The first-order valence-electron chi connectivity index (χ1n) is 9.79. The molecule has 1 aliphatic rings. The smallest absolute Gasteiger partial charge is 0.142 e. The van der Waals surface area contributed by atoms with Gasteiger partial charge in [0.05, 0.1) is 0 Å². The second-order valence-electron chi connectivity index (χ2n) is 7.83. The second-order valence-corrected chi connectivity index (χ2v) is 8.24. The van der Waals surface area contributed by atoms with Crippen LogP contribution in [0.5, 0.6) is 0 Å². The van der Waals surface area contributed by atoms with Gasteiger partial charge in [0, 0.05) is 27.3 Å². The summed E-state index contributed by atoms with van der Waals surface area (Å²) in [4.78, 5) is 0. The molecule has 5 rings (SSSR count). The van der Waals surface area contributed by atoms with Crippen molar-refractivity contribution < 1.29 is 5.11 Å². The van der Waals surface area contributed by atoms with Crippen molar-refractivity contribution in [2.24, 2.45) is 0 Å². The van der Waals surface area contributed by atoms with Crippen molar-refractivity contribution in [3.05, 3.63) is 118 Å². The zero-order valence-corrected chi connectivity index (χ0v) is 17.2. The van der Waals surface area contributed by atoms with Crippen molar-refractivity contribution in [2.45, 2.75) is 19.4 Å². The van der Waals surface area contributed by atoms with Gasteiger partial charge in [0.1, 0.15) is 5.60 Å². The van der Waals surface area contributed by atoms with Gasteiger partial charge in [0.2, 0.25) is 0 Å². The number of aliphatic hydroxyl groups is 1. The third-order valence-electron chi connectivity index (χ3n) is 5.90. The molecule has 4 aromatic carbocycles. The Hall–Kier alpha value is -2.87. The molecule has 0 amide bonds. The van der Waals surface area contributed by atoms with Crippen LogP contribution in [-0.4, -0.2) is 5.11 Å². The highest BCUT2D eigenvalue weighted by atomic mass is 35.5. The maximum atomic E-state index is 12.4. The second kappa shape index (κ2) is 6.59. The molecule has 1 unspecified atom stereocenters. The third kappa shape index (κ3) is 2.66. The highest BCUT2D eigenvalue weighted by Crippen LogP contribution is 2.53. The maximum Gasteiger partial charge on any atom is 0.142 e. The molecule has 0 heterocycles. The molecule has 29 heavy (non-hydrogen) atoms. The lowest BCUT2D eigenvalue weighted by atomic mass is 9.80. The molecular weight excluding hydrogens is 376 g/mol. The van der Waals surface area contributed by atoms with Crippen molar-refractivity contribution in [1.29, 1.82) is 0 Å². The number of fused-ring (bicyclic) bond motifs is 3. The van der Waals surface area contributed by atoms with Crippen molar-refractivity contribution in [1.82, 2.24) is 0 Å². The monoisotopic (exact) mass is 396 g/mol.